The number of thiophene rings is 1. The zero-order chi connectivity index (χ0) is 12.7. The Morgan fingerprint density at radius 2 is 2.29 bits per heavy atom. The number of hydrogen-bond acceptors (Lipinski definition) is 4. The first-order chi connectivity index (χ1) is 8.11. The van der Waals surface area contributed by atoms with Gasteiger partial charge in [-0.2, -0.15) is 0 Å². The Kier molecular flexibility index (Phi) is 6.99. The molecule has 3 nitrogen and oxygen atoms in total. The van der Waals surface area contributed by atoms with Gasteiger partial charge in [-0.15, -0.1) is 11.3 Å². The SMILES string of the molecule is COCCN(CCC(N)=S)Cc1ccc(Cl)s1. The maximum Gasteiger partial charge on any atom is 0.0931 e. The maximum absolute atomic E-state index is 5.91. The molecule has 0 amide bonds. The van der Waals surface area contributed by atoms with Crippen molar-refractivity contribution in [1.29, 1.82) is 0 Å². The molecule has 0 aliphatic heterocycles. The molecule has 0 radical (unpaired) electrons. The van der Waals surface area contributed by atoms with Crippen molar-refractivity contribution < 1.29 is 4.74 Å². The molecule has 1 heterocycles. The summed E-state index contributed by atoms with van der Waals surface area (Å²) >= 11 is 12.4. The van der Waals surface area contributed by atoms with Gasteiger partial charge in [0.1, 0.15) is 0 Å². The summed E-state index contributed by atoms with van der Waals surface area (Å²) in [5.74, 6) is 0. The summed E-state index contributed by atoms with van der Waals surface area (Å²) in [6.45, 7) is 3.29. The fraction of sp³-hybridized carbons (Fsp3) is 0.545. The number of hydrogen-bond donors (Lipinski definition) is 1. The molecule has 0 bridgehead atoms. The van der Waals surface area contributed by atoms with Gasteiger partial charge >= 0.3 is 0 Å². The Morgan fingerprint density at radius 1 is 1.53 bits per heavy atom. The maximum atomic E-state index is 5.91. The number of thiocarbonyl (C=S) groups is 1. The molecule has 1 aromatic heterocycles. The van der Waals surface area contributed by atoms with Gasteiger partial charge in [0.05, 0.1) is 15.9 Å². The van der Waals surface area contributed by atoms with Crippen molar-refractivity contribution in [1.82, 2.24) is 4.90 Å². The van der Waals surface area contributed by atoms with Gasteiger partial charge in [0, 0.05) is 38.0 Å². The van der Waals surface area contributed by atoms with Gasteiger partial charge in [-0.25, -0.2) is 0 Å². The number of nitrogens with zero attached hydrogens (tertiary/aromatic N) is 1. The predicted octanol–water partition coefficient (Wildman–Crippen LogP) is 2.53. The molecular formula is C11H17ClN2OS2. The molecule has 17 heavy (non-hydrogen) atoms. The van der Waals surface area contributed by atoms with E-state index in [4.69, 9.17) is 34.3 Å². The highest BCUT2D eigenvalue weighted by Gasteiger charge is 2.08. The van der Waals surface area contributed by atoms with E-state index in [9.17, 15) is 0 Å². The minimum Gasteiger partial charge on any atom is -0.393 e. The lowest BCUT2D eigenvalue weighted by Crippen LogP contribution is -2.30. The minimum atomic E-state index is 0.552. The molecule has 6 heteroatoms. The van der Waals surface area contributed by atoms with Crippen molar-refractivity contribution in [3.05, 3.63) is 21.3 Å². The van der Waals surface area contributed by atoms with Crippen molar-refractivity contribution >= 4 is 40.1 Å². The number of nitrogens with two attached hydrogens (primary N) is 1. The molecule has 0 saturated heterocycles. The van der Waals surface area contributed by atoms with Crippen LogP contribution in [-0.4, -0.2) is 36.7 Å². The molecule has 0 atom stereocenters. The van der Waals surface area contributed by atoms with Gasteiger partial charge in [-0.3, -0.25) is 4.90 Å². The van der Waals surface area contributed by atoms with E-state index in [1.54, 1.807) is 18.4 Å². The zero-order valence-electron chi connectivity index (χ0n) is 9.82. The second-order valence-corrected chi connectivity index (χ2v) is 6.02. The van der Waals surface area contributed by atoms with Crippen LogP contribution in [0, 0.1) is 0 Å². The molecule has 96 valence electrons. The van der Waals surface area contributed by atoms with Gasteiger partial charge in [0.25, 0.3) is 0 Å². The first-order valence-electron chi connectivity index (χ1n) is 5.35. The van der Waals surface area contributed by atoms with Gasteiger partial charge in [-0.05, 0) is 12.1 Å². The van der Waals surface area contributed by atoms with Crippen molar-refractivity contribution in [2.45, 2.75) is 13.0 Å². The number of methoxy groups -OCH3 is 1. The summed E-state index contributed by atoms with van der Waals surface area (Å²) < 4.78 is 5.91. The van der Waals surface area contributed by atoms with E-state index in [2.05, 4.69) is 4.90 Å². The molecule has 0 saturated carbocycles. The highest BCUT2D eigenvalue weighted by Crippen LogP contribution is 2.22. The van der Waals surface area contributed by atoms with Gasteiger partial charge in [0.2, 0.25) is 0 Å². The minimum absolute atomic E-state index is 0.552. The Labute approximate surface area is 117 Å². The monoisotopic (exact) mass is 292 g/mol. The normalized spacial score (nSPS) is 11.0. The standard InChI is InChI=1S/C11H17ClN2OS2/c1-15-7-6-14(5-4-11(13)16)8-9-2-3-10(12)17-9/h2-3H,4-8H2,1H3,(H2,13,16). The average molecular weight is 293 g/mol. The number of halogens is 1. The lowest BCUT2D eigenvalue weighted by Gasteiger charge is -2.20. The molecule has 0 aliphatic carbocycles. The largest absolute Gasteiger partial charge is 0.393 e. The van der Waals surface area contributed by atoms with Gasteiger partial charge in [0.15, 0.2) is 0 Å². The van der Waals surface area contributed by atoms with Crippen LogP contribution in [0.3, 0.4) is 0 Å². The quantitative estimate of drug-likeness (QED) is 0.747. The topological polar surface area (TPSA) is 38.5 Å². The molecule has 0 aliphatic rings. The highest BCUT2D eigenvalue weighted by molar-refractivity contribution is 7.80. The molecule has 0 fully saturated rings. The lowest BCUT2D eigenvalue weighted by atomic mass is 10.3. The Morgan fingerprint density at radius 3 is 2.82 bits per heavy atom. The molecule has 0 aromatic carbocycles. The van der Waals surface area contributed by atoms with E-state index in [1.165, 1.54) is 4.88 Å². The molecule has 0 unspecified atom stereocenters. The molecule has 0 spiro atoms. The fourth-order valence-corrected chi connectivity index (χ4v) is 2.64. The van der Waals surface area contributed by atoms with E-state index in [1.807, 2.05) is 12.1 Å². The van der Waals surface area contributed by atoms with Crippen molar-refractivity contribution in [2.24, 2.45) is 5.73 Å². The lowest BCUT2D eigenvalue weighted by molar-refractivity contribution is 0.146. The van der Waals surface area contributed by atoms with E-state index < -0.39 is 0 Å². The van der Waals surface area contributed by atoms with Crippen LogP contribution in [0.1, 0.15) is 11.3 Å². The third-order valence-corrected chi connectivity index (χ3v) is 3.71. The van der Waals surface area contributed by atoms with Crippen molar-refractivity contribution in [3.63, 3.8) is 0 Å². The summed E-state index contributed by atoms with van der Waals surface area (Å²) in [7, 11) is 1.70. The smallest absolute Gasteiger partial charge is 0.0931 e. The fourth-order valence-electron chi connectivity index (χ4n) is 1.42. The van der Waals surface area contributed by atoms with Crippen molar-refractivity contribution in [2.75, 3.05) is 26.8 Å². The summed E-state index contributed by atoms with van der Waals surface area (Å²) in [6, 6.07) is 3.97. The highest BCUT2D eigenvalue weighted by atomic mass is 35.5. The van der Waals surface area contributed by atoms with Crippen LogP contribution in [-0.2, 0) is 11.3 Å². The van der Waals surface area contributed by atoms with E-state index in [0.29, 0.717) is 11.6 Å². The van der Waals surface area contributed by atoms with Crippen LogP contribution < -0.4 is 5.73 Å². The summed E-state index contributed by atoms with van der Waals surface area (Å²) in [5, 5.41) is 0. The summed E-state index contributed by atoms with van der Waals surface area (Å²) in [5.41, 5.74) is 5.52. The van der Waals surface area contributed by atoms with Crippen LogP contribution in [0.25, 0.3) is 0 Å². The average Bonchev–Trinajstić information content (AvgIpc) is 2.68. The molecule has 2 N–H and O–H groups in total. The van der Waals surface area contributed by atoms with Crippen LogP contribution in [0.5, 0.6) is 0 Å². The first-order valence-corrected chi connectivity index (χ1v) is 6.96. The van der Waals surface area contributed by atoms with Crippen LogP contribution in [0.15, 0.2) is 12.1 Å². The van der Waals surface area contributed by atoms with Crippen molar-refractivity contribution in [3.8, 4) is 0 Å². The Hall–Kier alpha value is -0.200. The molecular weight excluding hydrogens is 276 g/mol. The zero-order valence-corrected chi connectivity index (χ0v) is 12.2. The Bertz CT molecular complexity index is 357. The Balaban J connectivity index is 2.47. The third-order valence-electron chi connectivity index (χ3n) is 2.29. The third kappa shape index (κ3) is 6.33. The first kappa shape index (κ1) is 14.9. The van der Waals surface area contributed by atoms with Crippen LogP contribution in [0.2, 0.25) is 4.34 Å². The second kappa shape index (κ2) is 8.00. The van der Waals surface area contributed by atoms with E-state index in [0.717, 1.165) is 30.4 Å². The second-order valence-electron chi connectivity index (χ2n) is 3.69. The predicted molar refractivity (Wildman–Crippen MR) is 77.9 cm³/mol. The molecule has 1 aromatic rings. The number of rotatable bonds is 8. The number of ether oxygens (including phenoxy) is 1. The van der Waals surface area contributed by atoms with E-state index >= 15 is 0 Å². The van der Waals surface area contributed by atoms with Gasteiger partial charge in [-0.1, -0.05) is 23.8 Å². The van der Waals surface area contributed by atoms with Crippen LogP contribution >= 0.6 is 35.2 Å². The summed E-state index contributed by atoms with van der Waals surface area (Å²) in [4.78, 5) is 4.07. The molecule has 1 rings (SSSR count). The van der Waals surface area contributed by atoms with E-state index in [-0.39, 0.29) is 0 Å². The van der Waals surface area contributed by atoms with Gasteiger partial charge < -0.3 is 10.5 Å². The summed E-state index contributed by atoms with van der Waals surface area (Å²) in [6.07, 6.45) is 0.734. The van der Waals surface area contributed by atoms with Crippen LogP contribution in [0.4, 0.5) is 0 Å².